The molecule has 2 aromatic rings. The van der Waals surface area contributed by atoms with Gasteiger partial charge in [0.1, 0.15) is 7.05 Å². The molecule has 0 atom stereocenters. The second kappa shape index (κ2) is 9.77. The normalized spacial score (nSPS) is 16.5. The summed E-state index contributed by atoms with van der Waals surface area (Å²) in [7, 11) is 1.95. The van der Waals surface area contributed by atoms with E-state index in [9.17, 15) is 0 Å². The van der Waals surface area contributed by atoms with Crippen LogP contribution in [-0.2, 0) is 0 Å². The Balaban J connectivity index is 0.00000280. The molecule has 146 valence electrons. The molecule has 2 aromatic carbocycles. The van der Waals surface area contributed by atoms with Gasteiger partial charge in [-0.05, 0) is 73.4 Å². The minimum absolute atomic E-state index is 0. The van der Waals surface area contributed by atoms with Crippen LogP contribution in [0.2, 0.25) is 5.02 Å². The number of anilines is 1. The zero-order valence-corrected chi connectivity index (χ0v) is 18.2. The fraction of sp³-hybridized carbons (Fsp3) is 0.208. The van der Waals surface area contributed by atoms with Crippen molar-refractivity contribution < 1.29 is 17.4 Å². The first kappa shape index (κ1) is 22.0. The van der Waals surface area contributed by atoms with Gasteiger partial charge in [0.2, 0.25) is 5.71 Å². The minimum Gasteiger partial charge on any atom is -1.00 e. The van der Waals surface area contributed by atoms with Gasteiger partial charge in [-0.1, -0.05) is 35.9 Å². The van der Waals surface area contributed by atoms with E-state index in [1.165, 1.54) is 22.4 Å². The molecule has 2 N–H and O–H groups in total. The van der Waals surface area contributed by atoms with Gasteiger partial charge in [0.25, 0.3) is 0 Å². The summed E-state index contributed by atoms with van der Waals surface area (Å²) in [6, 6.07) is 14.6. The summed E-state index contributed by atoms with van der Waals surface area (Å²) in [6.45, 7) is 7.28. The molecule has 0 radical (unpaired) electrons. The molecule has 0 aromatic heterocycles. The first-order valence-electron chi connectivity index (χ1n) is 9.30. The van der Waals surface area contributed by atoms with E-state index in [-0.39, 0.29) is 12.4 Å². The second-order valence-electron chi connectivity index (χ2n) is 6.69. The minimum atomic E-state index is 0. The van der Waals surface area contributed by atoms with Gasteiger partial charge in [0, 0.05) is 34.5 Å². The molecule has 0 amide bonds. The fourth-order valence-corrected chi connectivity index (χ4v) is 3.68. The van der Waals surface area contributed by atoms with E-state index in [1.54, 1.807) is 0 Å². The van der Waals surface area contributed by atoms with Crippen LogP contribution >= 0.6 is 11.6 Å². The van der Waals surface area contributed by atoms with Crippen molar-refractivity contribution in [3.8, 4) is 0 Å². The van der Waals surface area contributed by atoms with Crippen molar-refractivity contribution in [3.63, 3.8) is 0 Å². The third kappa shape index (κ3) is 4.57. The first-order chi connectivity index (χ1) is 13.0. The number of hydrogen-bond donors (Lipinski definition) is 2. The second-order valence-corrected chi connectivity index (χ2v) is 7.10. The molecule has 28 heavy (non-hydrogen) atoms. The molecule has 1 aliphatic rings. The number of hydrogen-bond acceptors (Lipinski definition) is 1. The van der Waals surface area contributed by atoms with Crippen LogP contribution in [0.15, 0.2) is 71.8 Å². The van der Waals surface area contributed by atoms with Crippen LogP contribution in [-0.4, -0.2) is 19.3 Å². The summed E-state index contributed by atoms with van der Waals surface area (Å²) in [5.41, 5.74) is 9.26. The van der Waals surface area contributed by atoms with Crippen molar-refractivity contribution in [2.75, 3.05) is 18.9 Å². The van der Waals surface area contributed by atoms with Gasteiger partial charge < -0.3 is 17.7 Å². The van der Waals surface area contributed by atoms with Crippen molar-refractivity contribution in [1.82, 2.24) is 0 Å². The molecular weight excluding hydrogens is 387 g/mol. The molecule has 2 nitrogen and oxygen atoms in total. The Morgan fingerprint density at radius 3 is 2.43 bits per heavy atom. The van der Waals surface area contributed by atoms with E-state index < -0.39 is 0 Å². The Kier molecular flexibility index (Phi) is 7.68. The van der Waals surface area contributed by atoms with Gasteiger partial charge in [-0.3, -0.25) is 0 Å². The number of rotatable bonds is 4. The third-order valence-corrected chi connectivity index (χ3v) is 5.14. The molecule has 1 aliphatic carbocycles. The number of aryl methyl sites for hydroxylation is 1. The Hall–Kier alpha value is -2.29. The fourth-order valence-electron chi connectivity index (χ4n) is 3.45. The predicted molar refractivity (Wildman–Crippen MR) is 118 cm³/mol. The van der Waals surface area contributed by atoms with Crippen LogP contribution < -0.4 is 22.7 Å². The Morgan fingerprint density at radius 2 is 1.82 bits per heavy atom. The van der Waals surface area contributed by atoms with E-state index in [4.69, 9.17) is 11.6 Å². The largest absolute Gasteiger partial charge is 1.00 e. The maximum atomic E-state index is 6.59. The Morgan fingerprint density at radius 1 is 1.07 bits per heavy atom. The van der Waals surface area contributed by atoms with Gasteiger partial charge in [-0.25, -0.2) is 4.99 Å². The maximum Gasteiger partial charge on any atom is 0.201 e. The molecule has 0 saturated heterocycles. The van der Waals surface area contributed by atoms with Crippen LogP contribution in [0.25, 0.3) is 5.57 Å². The molecule has 0 saturated carbocycles. The summed E-state index contributed by atoms with van der Waals surface area (Å²) < 4.78 is 0. The standard InChI is InChI=1S/C24H25ClN2.ClH/c1-5-27-23-13-11-19(15-17(23)3)24(20-8-6-7-9-21(20)25)18-10-12-22(26-4)16(2)14-18;/h6-15,27H,5H2,1-4H3;1H. The van der Waals surface area contributed by atoms with Crippen LogP contribution in [0, 0.1) is 6.92 Å². The smallest absolute Gasteiger partial charge is 0.201 e. The highest BCUT2D eigenvalue weighted by Crippen LogP contribution is 2.35. The summed E-state index contributed by atoms with van der Waals surface area (Å²) in [4.78, 5) is 3.24. The lowest BCUT2D eigenvalue weighted by Gasteiger charge is -2.17. The van der Waals surface area contributed by atoms with Crippen molar-refractivity contribution in [2.45, 2.75) is 20.8 Å². The van der Waals surface area contributed by atoms with E-state index in [1.807, 2.05) is 25.2 Å². The van der Waals surface area contributed by atoms with Crippen LogP contribution in [0.3, 0.4) is 0 Å². The summed E-state index contributed by atoms with van der Waals surface area (Å²) in [5, 5.41) is 4.17. The lowest BCUT2D eigenvalue weighted by Crippen LogP contribution is -3.00. The zero-order valence-electron chi connectivity index (χ0n) is 16.7. The summed E-state index contributed by atoms with van der Waals surface area (Å²) in [6.07, 6.45) is 6.50. The molecule has 0 unspecified atom stereocenters. The van der Waals surface area contributed by atoms with Gasteiger partial charge in [-0.2, -0.15) is 0 Å². The lowest BCUT2D eigenvalue weighted by molar-refractivity contribution is -0.418. The summed E-state index contributed by atoms with van der Waals surface area (Å²) >= 11 is 6.59. The molecule has 3 rings (SSSR count). The molecule has 0 spiro atoms. The number of benzene rings is 2. The molecule has 0 heterocycles. The van der Waals surface area contributed by atoms with Crippen LogP contribution in [0.4, 0.5) is 5.69 Å². The van der Waals surface area contributed by atoms with Gasteiger partial charge in [0.15, 0.2) is 0 Å². The highest BCUT2D eigenvalue weighted by atomic mass is 35.5. The lowest BCUT2D eigenvalue weighted by atomic mass is 9.88. The van der Waals surface area contributed by atoms with Crippen LogP contribution in [0.1, 0.15) is 30.5 Å². The van der Waals surface area contributed by atoms with Crippen molar-refractivity contribution in [2.24, 2.45) is 0 Å². The maximum absolute atomic E-state index is 6.59. The van der Waals surface area contributed by atoms with E-state index in [0.29, 0.717) is 0 Å². The highest BCUT2D eigenvalue weighted by Gasteiger charge is 2.17. The summed E-state index contributed by atoms with van der Waals surface area (Å²) in [5.74, 6) is 0. The Bertz CT molecular complexity index is 982. The van der Waals surface area contributed by atoms with Crippen molar-refractivity contribution in [1.29, 1.82) is 0 Å². The number of nitrogens with one attached hydrogen (secondary N) is 2. The Labute approximate surface area is 179 Å². The van der Waals surface area contributed by atoms with Gasteiger partial charge >= 0.3 is 0 Å². The predicted octanol–water partition coefficient (Wildman–Crippen LogP) is 1.55. The first-order valence-corrected chi connectivity index (χ1v) is 9.68. The zero-order chi connectivity index (χ0) is 19.4. The van der Waals surface area contributed by atoms with E-state index in [2.05, 4.69) is 73.6 Å². The molecule has 0 bridgehead atoms. The quantitative estimate of drug-likeness (QED) is 0.782. The number of allylic oxidation sites excluding steroid dienone is 5. The third-order valence-electron chi connectivity index (χ3n) is 4.81. The van der Waals surface area contributed by atoms with Gasteiger partial charge in [-0.15, -0.1) is 0 Å². The van der Waals surface area contributed by atoms with E-state index in [0.717, 1.165) is 34.0 Å². The molecule has 4 heteroatoms. The highest BCUT2D eigenvalue weighted by molar-refractivity contribution is 6.32. The average Bonchev–Trinajstić information content (AvgIpc) is 2.66. The topological polar surface area (TPSA) is 26.0 Å². The molecular formula is C24H26Cl2N2. The van der Waals surface area contributed by atoms with Crippen molar-refractivity contribution >= 4 is 28.6 Å². The van der Waals surface area contributed by atoms with Gasteiger partial charge in [0.05, 0.1) is 0 Å². The number of halogens is 2. The average molecular weight is 413 g/mol. The van der Waals surface area contributed by atoms with Crippen LogP contribution in [0.5, 0.6) is 0 Å². The monoisotopic (exact) mass is 412 g/mol. The SMILES string of the molecule is CCNc1ccc(C(=C2C=CC(=[NH+]C)C(C)=C2)c2ccccc2Cl)cc1C.[Cl-]. The van der Waals surface area contributed by atoms with Crippen molar-refractivity contribution in [3.05, 3.63) is 93.6 Å². The molecule has 0 aliphatic heterocycles. The van der Waals surface area contributed by atoms with E-state index >= 15 is 0 Å². The molecule has 0 fully saturated rings.